The lowest BCUT2D eigenvalue weighted by molar-refractivity contribution is 0.390. The van der Waals surface area contributed by atoms with Crippen molar-refractivity contribution < 1.29 is 12.9 Å². The maximum Gasteiger partial charge on any atom is 0.211 e. The standard InChI is InChI=1S/C8H14N2O3S/c1-3-14(11,12)9-5-4-8-6-7(2)13-10-8/h6,9H,3-5H2,1-2H3. The predicted molar refractivity (Wildman–Crippen MR) is 52.4 cm³/mol. The quantitative estimate of drug-likeness (QED) is 0.779. The lowest BCUT2D eigenvalue weighted by atomic mass is 10.3. The Morgan fingerprint density at radius 2 is 2.29 bits per heavy atom. The molecule has 14 heavy (non-hydrogen) atoms. The van der Waals surface area contributed by atoms with Crippen molar-refractivity contribution in [3.8, 4) is 0 Å². The molecule has 1 heterocycles. The first kappa shape index (κ1) is 11.2. The van der Waals surface area contributed by atoms with E-state index < -0.39 is 10.0 Å². The van der Waals surface area contributed by atoms with Crippen molar-refractivity contribution in [2.24, 2.45) is 0 Å². The van der Waals surface area contributed by atoms with Crippen molar-refractivity contribution in [3.63, 3.8) is 0 Å². The first-order valence-electron chi connectivity index (χ1n) is 4.43. The number of hydrogen-bond acceptors (Lipinski definition) is 4. The molecule has 0 spiro atoms. The van der Waals surface area contributed by atoms with Crippen molar-refractivity contribution in [2.45, 2.75) is 20.3 Å². The zero-order valence-corrected chi connectivity index (χ0v) is 9.10. The third kappa shape index (κ3) is 3.47. The molecule has 0 amide bonds. The van der Waals surface area contributed by atoms with E-state index in [1.54, 1.807) is 19.9 Å². The second-order valence-electron chi connectivity index (χ2n) is 2.98. The number of nitrogens with zero attached hydrogens (tertiary/aromatic N) is 1. The second-order valence-corrected chi connectivity index (χ2v) is 5.07. The van der Waals surface area contributed by atoms with Crippen molar-refractivity contribution in [2.75, 3.05) is 12.3 Å². The Hall–Kier alpha value is -0.880. The van der Waals surface area contributed by atoms with E-state index >= 15 is 0 Å². The van der Waals surface area contributed by atoms with Crippen LogP contribution in [0.3, 0.4) is 0 Å². The van der Waals surface area contributed by atoms with Gasteiger partial charge >= 0.3 is 0 Å². The van der Waals surface area contributed by atoms with Crippen molar-refractivity contribution in [1.82, 2.24) is 9.88 Å². The molecule has 0 atom stereocenters. The first-order valence-corrected chi connectivity index (χ1v) is 6.08. The van der Waals surface area contributed by atoms with Crippen LogP contribution in [0.5, 0.6) is 0 Å². The van der Waals surface area contributed by atoms with Gasteiger partial charge in [-0.1, -0.05) is 5.16 Å². The highest BCUT2D eigenvalue weighted by molar-refractivity contribution is 7.89. The summed E-state index contributed by atoms with van der Waals surface area (Å²) in [5.41, 5.74) is 0.765. The first-order chi connectivity index (χ1) is 6.53. The van der Waals surface area contributed by atoms with Gasteiger partial charge in [0.15, 0.2) is 0 Å². The van der Waals surface area contributed by atoms with Crippen molar-refractivity contribution >= 4 is 10.0 Å². The lowest BCUT2D eigenvalue weighted by Crippen LogP contribution is -2.27. The van der Waals surface area contributed by atoms with Gasteiger partial charge in [-0.25, -0.2) is 13.1 Å². The highest BCUT2D eigenvalue weighted by Crippen LogP contribution is 2.01. The molecule has 1 aromatic heterocycles. The monoisotopic (exact) mass is 218 g/mol. The normalized spacial score (nSPS) is 11.9. The van der Waals surface area contributed by atoms with Crippen molar-refractivity contribution in [3.05, 3.63) is 17.5 Å². The zero-order valence-electron chi connectivity index (χ0n) is 8.28. The molecule has 0 fully saturated rings. The Balaban J connectivity index is 2.36. The third-order valence-corrected chi connectivity index (χ3v) is 3.16. The minimum Gasteiger partial charge on any atom is -0.361 e. The Morgan fingerprint density at radius 3 is 2.79 bits per heavy atom. The molecule has 0 bridgehead atoms. The number of sulfonamides is 1. The lowest BCUT2D eigenvalue weighted by Gasteiger charge is -2.01. The van der Waals surface area contributed by atoms with Gasteiger partial charge in [0.2, 0.25) is 10.0 Å². The number of hydrogen-bond donors (Lipinski definition) is 1. The van der Waals surface area contributed by atoms with Crippen LogP contribution >= 0.6 is 0 Å². The van der Waals surface area contributed by atoms with Gasteiger partial charge in [0.05, 0.1) is 11.4 Å². The highest BCUT2D eigenvalue weighted by Gasteiger charge is 2.06. The molecule has 6 heteroatoms. The largest absolute Gasteiger partial charge is 0.361 e. The average Bonchev–Trinajstić information content (AvgIpc) is 2.51. The Labute approximate surface area is 83.5 Å². The second kappa shape index (κ2) is 4.56. The molecular formula is C8H14N2O3S. The van der Waals surface area contributed by atoms with Crippen LogP contribution in [-0.4, -0.2) is 25.9 Å². The summed E-state index contributed by atoms with van der Waals surface area (Å²) < 4.78 is 29.4. The van der Waals surface area contributed by atoms with E-state index in [-0.39, 0.29) is 5.75 Å². The zero-order chi connectivity index (χ0) is 10.6. The summed E-state index contributed by atoms with van der Waals surface area (Å²) in [6, 6.07) is 1.79. The summed E-state index contributed by atoms with van der Waals surface area (Å²) in [4.78, 5) is 0. The molecule has 0 radical (unpaired) electrons. The molecule has 1 N–H and O–H groups in total. The maximum atomic E-state index is 11.0. The summed E-state index contributed by atoms with van der Waals surface area (Å²) in [5, 5.41) is 3.75. The summed E-state index contributed by atoms with van der Waals surface area (Å²) in [6.07, 6.45) is 0.552. The van der Waals surface area contributed by atoms with Gasteiger partial charge in [-0.05, 0) is 13.8 Å². The fraction of sp³-hybridized carbons (Fsp3) is 0.625. The topological polar surface area (TPSA) is 72.2 Å². The number of nitrogens with one attached hydrogen (secondary N) is 1. The van der Waals surface area contributed by atoms with Gasteiger partial charge < -0.3 is 4.52 Å². The van der Waals surface area contributed by atoms with Gasteiger partial charge in [0.25, 0.3) is 0 Å². The summed E-state index contributed by atoms with van der Waals surface area (Å²) in [5.74, 6) is 0.837. The summed E-state index contributed by atoms with van der Waals surface area (Å²) >= 11 is 0. The van der Waals surface area contributed by atoms with Crippen LogP contribution in [0.15, 0.2) is 10.6 Å². The van der Waals surface area contributed by atoms with Gasteiger partial charge in [0.1, 0.15) is 5.76 Å². The summed E-state index contributed by atoms with van der Waals surface area (Å²) in [7, 11) is -3.09. The minimum atomic E-state index is -3.09. The molecule has 0 aromatic carbocycles. The number of aromatic nitrogens is 1. The SMILES string of the molecule is CCS(=O)(=O)NCCc1cc(C)on1. The van der Waals surface area contributed by atoms with E-state index in [9.17, 15) is 8.42 Å². The predicted octanol–water partition coefficient (Wildman–Crippen LogP) is 0.465. The molecule has 0 saturated heterocycles. The molecule has 1 rings (SSSR count). The smallest absolute Gasteiger partial charge is 0.211 e. The highest BCUT2D eigenvalue weighted by atomic mass is 32.2. The van der Waals surface area contributed by atoms with Gasteiger partial charge in [0, 0.05) is 19.0 Å². The van der Waals surface area contributed by atoms with Crippen LogP contribution in [0.2, 0.25) is 0 Å². The van der Waals surface area contributed by atoms with E-state index in [1.807, 2.05) is 0 Å². The van der Waals surface area contributed by atoms with Crippen LogP contribution in [-0.2, 0) is 16.4 Å². The molecular weight excluding hydrogens is 204 g/mol. The average molecular weight is 218 g/mol. The Kier molecular flexibility index (Phi) is 3.65. The van der Waals surface area contributed by atoms with E-state index in [1.165, 1.54) is 0 Å². The molecule has 80 valence electrons. The van der Waals surface area contributed by atoms with Crippen LogP contribution in [0, 0.1) is 6.92 Å². The van der Waals surface area contributed by atoms with Crippen LogP contribution < -0.4 is 4.72 Å². The van der Waals surface area contributed by atoms with Gasteiger partial charge in [-0.3, -0.25) is 0 Å². The van der Waals surface area contributed by atoms with Crippen molar-refractivity contribution in [1.29, 1.82) is 0 Å². The van der Waals surface area contributed by atoms with E-state index in [4.69, 9.17) is 4.52 Å². The Bertz CT molecular complexity index is 383. The Morgan fingerprint density at radius 1 is 1.57 bits per heavy atom. The number of rotatable bonds is 5. The minimum absolute atomic E-state index is 0.102. The van der Waals surface area contributed by atoms with Gasteiger partial charge in [-0.15, -0.1) is 0 Å². The van der Waals surface area contributed by atoms with E-state index in [2.05, 4.69) is 9.88 Å². The van der Waals surface area contributed by atoms with Crippen LogP contribution in [0.1, 0.15) is 18.4 Å². The van der Waals surface area contributed by atoms with Crippen LogP contribution in [0.4, 0.5) is 0 Å². The molecule has 1 aromatic rings. The maximum absolute atomic E-state index is 11.0. The third-order valence-electron chi connectivity index (χ3n) is 1.76. The molecule has 0 aliphatic rings. The fourth-order valence-corrected chi connectivity index (χ4v) is 1.59. The molecule has 5 nitrogen and oxygen atoms in total. The molecule has 0 aliphatic carbocycles. The molecule has 0 saturated carbocycles. The van der Waals surface area contributed by atoms with E-state index in [0.717, 1.165) is 11.5 Å². The van der Waals surface area contributed by atoms with Gasteiger partial charge in [-0.2, -0.15) is 0 Å². The summed E-state index contributed by atoms with van der Waals surface area (Å²) in [6.45, 7) is 3.76. The van der Waals surface area contributed by atoms with Crippen LogP contribution in [0.25, 0.3) is 0 Å². The number of aryl methyl sites for hydroxylation is 1. The van der Waals surface area contributed by atoms with E-state index in [0.29, 0.717) is 13.0 Å². The molecule has 0 aliphatic heterocycles. The molecule has 0 unspecified atom stereocenters. The fourth-order valence-electron chi connectivity index (χ4n) is 0.972.